The van der Waals surface area contributed by atoms with Crippen LogP contribution in [-0.4, -0.2) is 17.8 Å². The van der Waals surface area contributed by atoms with Crippen LogP contribution in [-0.2, 0) is 17.7 Å². The Kier molecular flexibility index (Phi) is 4.85. The van der Waals surface area contributed by atoms with E-state index in [4.69, 9.17) is 4.84 Å². The Hall–Kier alpha value is -2.46. The van der Waals surface area contributed by atoms with Crippen LogP contribution in [0.2, 0.25) is 0 Å². The van der Waals surface area contributed by atoms with Crippen molar-refractivity contribution in [1.82, 2.24) is 4.98 Å². The molecular formula is C22H22N2OS. The number of hydrogen-bond acceptors (Lipinski definition) is 4. The summed E-state index contributed by atoms with van der Waals surface area (Å²) in [6.45, 7) is 2.07. The Balaban J connectivity index is 1.48. The molecule has 1 heterocycles. The Bertz CT molecular complexity index is 958. The third kappa shape index (κ3) is 3.29. The van der Waals surface area contributed by atoms with E-state index in [1.54, 1.807) is 18.4 Å². The summed E-state index contributed by atoms with van der Waals surface area (Å²) in [4.78, 5) is 9.66. The molecule has 26 heavy (non-hydrogen) atoms. The second-order valence-corrected chi connectivity index (χ2v) is 7.68. The highest BCUT2D eigenvalue weighted by Gasteiger charge is 2.25. The van der Waals surface area contributed by atoms with Gasteiger partial charge in [-0.05, 0) is 55.4 Å². The molecule has 4 heteroatoms. The van der Waals surface area contributed by atoms with Crippen LogP contribution in [0.25, 0.3) is 11.1 Å². The fourth-order valence-corrected chi connectivity index (χ4v) is 4.24. The molecule has 0 atom stereocenters. The van der Waals surface area contributed by atoms with Crippen molar-refractivity contribution >= 4 is 17.0 Å². The Morgan fingerprint density at radius 1 is 0.962 bits per heavy atom. The summed E-state index contributed by atoms with van der Waals surface area (Å²) in [6.07, 6.45) is 4.47. The number of rotatable bonds is 6. The Labute approximate surface area is 158 Å². The molecule has 0 unspecified atom stereocenters. The zero-order valence-corrected chi connectivity index (χ0v) is 16.0. The maximum Gasteiger partial charge on any atom is 0.118 e. The van der Waals surface area contributed by atoms with Gasteiger partial charge in [-0.1, -0.05) is 41.6 Å². The molecule has 0 aliphatic heterocycles. The average Bonchev–Trinajstić information content (AvgIpc) is 3.21. The third-order valence-corrected chi connectivity index (χ3v) is 5.63. The molecular weight excluding hydrogens is 340 g/mol. The van der Waals surface area contributed by atoms with Gasteiger partial charge in [-0.3, -0.25) is 0 Å². The summed E-state index contributed by atoms with van der Waals surface area (Å²) in [5.74, 6) is 0. The first-order chi connectivity index (χ1) is 12.8. The van der Waals surface area contributed by atoms with Crippen molar-refractivity contribution in [3.63, 3.8) is 0 Å². The zero-order chi connectivity index (χ0) is 17.9. The first-order valence-electron chi connectivity index (χ1n) is 9.01. The Morgan fingerprint density at radius 2 is 1.73 bits per heavy atom. The van der Waals surface area contributed by atoms with Crippen LogP contribution in [0.5, 0.6) is 0 Å². The second-order valence-electron chi connectivity index (χ2n) is 6.61. The van der Waals surface area contributed by atoms with E-state index in [-0.39, 0.29) is 0 Å². The molecule has 0 amide bonds. The van der Waals surface area contributed by atoms with Crippen molar-refractivity contribution in [3.8, 4) is 11.1 Å². The summed E-state index contributed by atoms with van der Waals surface area (Å²) >= 11 is 1.74. The van der Waals surface area contributed by atoms with E-state index in [0.717, 1.165) is 29.1 Å². The van der Waals surface area contributed by atoms with Gasteiger partial charge in [-0.2, -0.15) is 0 Å². The molecule has 0 spiro atoms. The minimum absolute atomic E-state index is 0.942. The van der Waals surface area contributed by atoms with Crippen LogP contribution in [0.4, 0.5) is 0 Å². The van der Waals surface area contributed by atoms with E-state index in [2.05, 4.69) is 64.9 Å². The van der Waals surface area contributed by atoms with E-state index in [0.29, 0.717) is 0 Å². The number of aromatic nitrogens is 1. The maximum atomic E-state index is 5.11. The van der Waals surface area contributed by atoms with Crippen LogP contribution in [0.1, 0.15) is 40.2 Å². The summed E-state index contributed by atoms with van der Waals surface area (Å²) in [5.41, 5.74) is 8.35. The fourth-order valence-electron chi connectivity index (χ4n) is 3.60. The second kappa shape index (κ2) is 7.42. The summed E-state index contributed by atoms with van der Waals surface area (Å²) in [6, 6.07) is 15.2. The highest BCUT2D eigenvalue weighted by atomic mass is 32.1. The SMILES string of the molecule is CO/N=C1/c2ccccc2-c2ccc(CCCCc3csc(C)n3)cc21. The molecule has 132 valence electrons. The molecule has 3 nitrogen and oxygen atoms in total. The molecule has 0 saturated heterocycles. The van der Waals surface area contributed by atoms with Crippen LogP contribution in [0.3, 0.4) is 0 Å². The lowest BCUT2D eigenvalue weighted by Gasteiger charge is -2.06. The molecule has 0 saturated carbocycles. The molecule has 2 aromatic carbocycles. The lowest BCUT2D eigenvalue weighted by molar-refractivity contribution is 0.214. The van der Waals surface area contributed by atoms with Crippen LogP contribution >= 0.6 is 11.3 Å². The summed E-state index contributed by atoms with van der Waals surface area (Å²) in [7, 11) is 1.61. The van der Waals surface area contributed by atoms with Gasteiger partial charge in [0, 0.05) is 16.5 Å². The number of thiazole rings is 1. The normalized spacial score (nSPS) is 13.7. The first-order valence-corrected chi connectivity index (χ1v) is 9.89. The van der Waals surface area contributed by atoms with Crippen LogP contribution in [0, 0.1) is 6.92 Å². The van der Waals surface area contributed by atoms with Crippen molar-refractivity contribution in [2.45, 2.75) is 32.6 Å². The summed E-state index contributed by atoms with van der Waals surface area (Å²) < 4.78 is 0. The summed E-state index contributed by atoms with van der Waals surface area (Å²) in [5, 5.41) is 7.63. The van der Waals surface area contributed by atoms with E-state index < -0.39 is 0 Å². The van der Waals surface area contributed by atoms with Gasteiger partial charge >= 0.3 is 0 Å². The van der Waals surface area contributed by atoms with Gasteiger partial charge in [0.2, 0.25) is 0 Å². The molecule has 0 N–H and O–H groups in total. The number of hydrogen-bond donors (Lipinski definition) is 0. The third-order valence-electron chi connectivity index (χ3n) is 4.81. The maximum absolute atomic E-state index is 5.11. The van der Waals surface area contributed by atoms with Gasteiger partial charge in [-0.25, -0.2) is 4.98 Å². The highest BCUT2D eigenvalue weighted by Crippen LogP contribution is 2.37. The number of unbranched alkanes of at least 4 members (excludes halogenated alkanes) is 1. The van der Waals surface area contributed by atoms with Gasteiger partial charge in [0.15, 0.2) is 0 Å². The lowest BCUT2D eigenvalue weighted by atomic mass is 10.00. The molecule has 0 fully saturated rings. The van der Waals surface area contributed by atoms with E-state index in [1.807, 2.05) is 0 Å². The zero-order valence-electron chi connectivity index (χ0n) is 15.2. The van der Waals surface area contributed by atoms with Gasteiger partial charge in [0.25, 0.3) is 0 Å². The predicted molar refractivity (Wildman–Crippen MR) is 108 cm³/mol. The topological polar surface area (TPSA) is 34.5 Å². The minimum atomic E-state index is 0.942. The van der Waals surface area contributed by atoms with Crippen LogP contribution in [0.15, 0.2) is 53.0 Å². The number of oxime groups is 1. The first kappa shape index (κ1) is 17.0. The van der Waals surface area contributed by atoms with E-state index >= 15 is 0 Å². The molecule has 0 bridgehead atoms. The van der Waals surface area contributed by atoms with Crippen LogP contribution < -0.4 is 0 Å². The van der Waals surface area contributed by atoms with Gasteiger partial charge in [-0.15, -0.1) is 11.3 Å². The van der Waals surface area contributed by atoms with E-state index in [1.165, 1.54) is 40.8 Å². The largest absolute Gasteiger partial charge is 0.399 e. The lowest BCUT2D eigenvalue weighted by Crippen LogP contribution is -2.00. The minimum Gasteiger partial charge on any atom is -0.399 e. The quantitative estimate of drug-likeness (QED) is 0.340. The molecule has 1 aliphatic rings. The average molecular weight is 362 g/mol. The standard InChI is InChI=1S/C22H22N2OS/c1-15-23-17(14-26-15)8-4-3-7-16-11-12-19-18-9-5-6-10-20(18)22(24-25-2)21(19)13-16/h5-6,9-14H,3-4,7-8H2,1-2H3/b24-22-. The highest BCUT2D eigenvalue weighted by molar-refractivity contribution is 7.09. The predicted octanol–water partition coefficient (Wildman–Crippen LogP) is 5.40. The number of fused-ring (bicyclic) bond motifs is 3. The molecule has 3 aromatic rings. The van der Waals surface area contributed by atoms with Gasteiger partial charge in [0.05, 0.1) is 10.7 Å². The van der Waals surface area contributed by atoms with Crippen molar-refractivity contribution in [3.05, 3.63) is 75.2 Å². The smallest absolute Gasteiger partial charge is 0.118 e. The molecule has 1 aromatic heterocycles. The molecule has 1 aliphatic carbocycles. The van der Waals surface area contributed by atoms with Crippen molar-refractivity contribution in [2.75, 3.05) is 7.11 Å². The molecule has 4 rings (SSSR count). The number of aryl methyl sites for hydroxylation is 3. The Morgan fingerprint density at radius 3 is 2.50 bits per heavy atom. The van der Waals surface area contributed by atoms with Gasteiger partial charge in [0.1, 0.15) is 12.8 Å². The molecule has 0 radical (unpaired) electrons. The van der Waals surface area contributed by atoms with Crippen molar-refractivity contribution in [1.29, 1.82) is 0 Å². The van der Waals surface area contributed by atoms with E-state index in [9.17, 15) is 0 Å². The number of benzene rings is 2. The monoisotopic (exact) mass is 362 g/mol. The van der Waals surface area contributed by atoms with Gasteiger partial charge < -0.3 is 4.84 Å². The van der Waals surface area contributed by atoms with Crippen molar-refractivity contribution in [2.24, 2.45) is 5.16 Å². The van der Waals surface area contributed by atoms with Crippen molar-refractivity contribution < 1.29 is 4.84 Å². The number of nitrogens with zero attached hydrogens (tertiary/aromatic N) is 2. The fraction of sp³-hybridized carbons (Fsp3) is 0.273.